The van der Waals surface area contributed by atoms with Gasteiger partial charge in [-0.05, 0) is 24.6 Å². The van der Waals surface area contributed by atoms with Crippen molar-refractivity contribution < 1.29 is 0 Å². The van der Waals surface area contributed by atoms with E-state index in [1.54, 1.807) is 11.3 Å². The number of nitrogens with two attached hydrogens (primary N) is 1. The van der Waals surface area contributed by atoms with Crippen molar-refractivity contribution in [2.45, 2.75) is 12.8 Å². The lowest BCUT2D eigenvalue weighted by Gasteiger charge is -2.00. The van der Waals surface area contributed by atoms with Crippen molar-refractivity contribution in [1.29, 1.82) is 0 Å². The quantitative estimate of drug-likeness (QED) is 0.567. The van der Waals surface area contributed by atoms with Crippen LogP contribution in [-0.2, 0) is 5.88 Å². The Morgan fingerprint density at radius 1 is 1.46 bits per heavy atom. The highest BCUT2D eigenvalue weighted by atomic mass is 35.5. The number of benzene rings is 1. The first-order valence-corrected chi connectivity index (χ1v) is 5.41. The molecule has 2 rings (SSSR count). The molecule has 0 aliphatic heterocycles. The van der Waals surface area contributed by atoms with Crippen LogP contribution < -0.4 is 5.73 Å². The molecule has 0 spiro atoms. The van der Waals surface area contributed by atoms with E-state index in [0.29, 0.717) is 5.88 Å². The van der Waals surface area contributed by atoms with E-state index in [1.165, 1.54) is 15.1 Å². The molecule has 1 aromatic carbocycles. The number of halogens is 1. The highest BCUT2D eigenvalue weighted by Gasteiger charge is 2.06. The number of alkyl halides is 1. The molecule has 0 aliphatic rings. The zero-order valence-electron chi connectivity index (χ0n) is 7.30. The van der Waals surface area contributed by atoms with Gasteiger partial charge in [-0.3, -0.25) is 0 Å². The molecular formula is C10H10ClNS. The Morgan fingerprint density at radius 2 is 2.23 bits per heavy atom. The SMILES string of the molecule is Cc1cc2c(N)ccc(CCl)c2s1. The van der Waals surface area contributed by atoms with Crippen LogP contribution in [0.5, 0.6) is 0 Å². The molecular weight excluding hydrogens is 202 g/mol. The molecule has 1 aromatic heterocycles. The van der Waals surface area contributed by atoms with Crippen molar-refractivity contribution >= 4 is 38.7 Å². The third-order valence-electron chi connectivity index (χ3n) is 2.07. The maximum atomic E-state index is 5.86. The first-order valence-electron chi connectivity index (χ1n) is 4.06. The van der Waals surface area contributed by atoms with E-state index in [2.05, 4.69) is 13.0 Å². The van der Waals surface area contributed by atoms with Gasteiger partial charge in [0.2, 0.25) is 0 Å². The third-order valence-corrected chi connectivity index (χ3v) is 3.48. The topological polar surface area (TPSA) is 26.0 Å². The van der Waals surface area contributed by atoms with E-state index in [0.717, 1.165) is 11.1 Å². The van der Waals surface area contributed by atoms with E-state index in [1.807, 2.05) is 12.1 Å². The van der Waals surface area contributed by atoms with E-state index >= 15 is 0 Å². The number of nitrogen functional groups attached to an aromatic ring is 1. The summed E-state index contributed by atoms with van der Waals surface area (Å²) in [5, 5.41) is 1.14. The van der Waals surface area contributed by atoms with Gasteiger partial charge in [-0.25, -0.2) is 0 Å². The van der Waals surface area contributed by atoms with Gasteiger partial charge in [-0.1, -0.05) is 6.07 Å². The first kappa shape index (κ1) is 8.85. The summed E-state index contributed by atoms with van der Waals surface area (Å²) in [5.74, 6) is 0.552. The molecule has 3 heteroatoms. The van der Waals surface area contributed by atoms with Crippen molar-refractivity contribution in [2.24, 2.45) is 0 Å². The summed E-state index contributed by atoms with van der Waals surface area (Å²) < 4.78 is 1.23. The van der Waals surface area contributed by atoms with Crippen molar-refractivity contribution in [2.75, 3.05) is 5.73 Å². The summed E-state index contributed by atoms with van der Waals surface area (Å²) in [7, 11) is 0. The molecule has 13 heavy (non-hydrogen) atoms. The summed E-state index contributed by atoms with van der Waals surface area (Å²) in [6.07, 6.45) is 0. The minimum absolute atomic E-state index is 0.552. The Bertz CT molecular complexity index is 447. The third kappa shape index (κ3) is 1.40. The number of thiophene rings is 1. The molecule has 1 nitrogen and oxygen atoms in total. The van der Waals surface area contributed by atoms with Gasteiger partial charge >= 0.3 is 0 Å². The summed E-state index contributed by atoms with van der Waals surface area (Å²) >= 11 is 7.59. The highest BCUT2D eigenvalue weighted by Crippen LogP contribution is 2.33. The molecule has 0 unspecified atom stereocenters. The summed E-state index contributed by atoms with van der Waals surface area (Å²) in [4.78, 5) is 1.28. The fourth-order valence-corrected chi connectivity index (χ4v) is 2.79. The molecule has 0 aliphatic carbocycles. The smallest absolute Gasteiger partial charge is 0.0488 e. The number of fused-ring (bicyclic) bond motifs is 1. The predicted octanol–water partition coefficient (Wildman–Crippen LogP) is 3.53. The zero-order valence-corrected chi connectivity index (χ0v) is 8.88. The second kappa shape index (κ2) is 3.20. The number of aryl methyl sites for hydroxylation is 1. The van der Waals surface area contributed by atoms with E-state index < -0.39 is 0 Å². The standard InChI is InChI=1S/C10H10ClNS/c1-6-4-8-9(12)3-2-7(5-11)10(8)13-6/h2-4H,5,12H2,1H3. The van der Waals surface area contributed by atoms with Gasteiger partial charge in [0.05, 0.1) is 0 Å². The van der Waals surface area contributed by atoms with Gasteiger partial charge in [0.15, 0.2) is 0 Å². The van der Waals surface area contributed by atoms with Crippen LogP contribution in [0.25, 0.3) is 10.1 Å². The second-order valence-electron chi connectivity index (χ2n) is 3.05. The zero-order chi connectivity index (χ0) is 9.42. The molecule has 0 saturated heterocycles. The summed E-state index contributed by atoms with van der Waals surface area (Å²) in [6.45, 7) is 2.09. The molecule has 0 saturated carbocycles. The number of hydrogen-bond donors (Lipinski definition) is 1. The minimum Gasteiger partial charge on any atom is -0.398 e. The van der Waals surface area contributed by atoms with Gasteiger partial charge in [0, 0.05) is 26.5 Å². The van der Waals surface area contributed by atoms with Gasteiger partial charge in [-0.15, -0.1) is 22.9 Å². The fraction of sp³-hybridized carbons (Fsp3) is 0.200. The average Bonchev–Trinajstić information content (AvgIpc) is 2.48. The fourth-order valence-electron chi connectivity index (χ4n) is 1.43. The van der Waals surface area contributed by atoms with Crippen molar-refractivity contribution in [1.82, 2.24) is 0 Å². The van der Waals surface area contributed by atoms with Crippen LogP contribution in [0.4, 0.5) is 5.69 Å². The molecule has 0 radical (unpaired) electrons. The lowest BCUT2D eigenvalue weighted by atomic mass is 10.1. The van der Waals surface area contributed by atoms with Gasteiger partial charge in [0.1, 0.15) is 0 Å². The number of hydrogen-bond acceptors (Lipinski definition) is 2. The molecule has 0 fully saturated rings. The molecule has 2 aromatic rings. The van der Waals surface area contributed by atoms with Crippen molar-refractivity contribution in [3.05, 3.63) is 28.6 Å². The summed E-state index contributed by atoms with van der Waals surface area (Å²) in [5.41, 5.74) is 7.87. The molecule has 0 bridgehead atoms. The summed E-state index contributed by atoms with van der Waals surface area (Å²) in [6, 6.07) is 6.04. The van der Waals surface area contributed by atoms with Crippen LogP contribution in [-0.4, -0.2) is 0 Å². The predicted molar refractivity (Wildman–Crippen MR) is 60.5 cm³/mol. The molecule has 0 amide bonds. The first-order chi connectivity index (χ1) is 6.22. The Hall–Kier alpha value is -0.730. The van der Waals surface area contributed by atoms with E-state index in [4.69, 9.17) is 17.3 Å². The normalized spacial score (nSPS) is 10.9. The van der Waals surface area contributed by atoms with Crippen LogP contribution in [0.2, 0.25) is 0 Å². The lowest BCUT2D eigenvalue weighted by Crippen LogP contribution is -1.86. The van der Waals surface area contributed by atoms with Gasteiger partial charge in [-0.2, -0.15) is 0 Å². The molecule has 2 N–H and O–H groups in total. The minimum atomic E-state index is 0.552. The maximum absolute atomic E-state index is 5.86. The van der Waals surface area contributed by atoms with Crippen molar-refractivity contribution in [3.63, 3.8) is 0 Å². The van der Waals surface area contributed by atoms with Crippen LogP contribution in [0.1, 0.15) is 10.4 Å². The van der Waals surface area contributed by atoms with Crippen LogP contribution in [0.15, 0.2) is 18.2 Å². The number of rotatable bonds is 1. The monoisotopic (exact) mass is 211 g/mol. The van der Waals surface area contributed by atoms with Crippen molar-refractivity contribution in [3.8, 4) is 0 Å². The highest BCUT2D eigenvalue weighted by molar-refractivity contribution is 7.19. The molecule has 68 valence electrons. The van der Waals surface area contributed by atoms with E-state index in [9.17, 15) is 0 Å². The Kier molecular flexibility index (Phi) is 2.18. The van der Waals surface area contributed by atoms with Gasteiger partial charge in [0.25, 0.3) is 0 Å². The maximum Gasteiger partial charge on any atom is 0.0488 e. The van der Waals surface area contributed by atoms with Crippen LogP contribution in [0.3, 0.4) is 0 Å². The molecule has 0 atom stereocenters. The van der Waals surface area contributed by atoms with Crippen LogP contribution in [0, 0.1) is 6.92 Å². The van der Waals surface area contributed by atoms with Gasteiger partial charge < -0.3 is 5.73 Å². The Morgan fingerprint density at radius 3 is 2.92 bits per heavy atom. The lowest BCUT2D eigenvalue weighted by molar-refractivity contribution is 1.47. The number of anilines is 1. The Balaban J connectivity index is 2.83. The largest absolute Gasteiger partial charge is 0.398 e. The van der Waals surface area contributed by atoms with Crippen LogP contribution >= 0.6 is 22.9 Å². The van der Waals surface area contributed by atoms with E-state index in [-0.39, 0.29) is 0 Å². The Labute approximate surface area is 86.1 Å². The average molecular weight is 212 g/mol. The molecule has 1 heterocycles. The second-order valence-corrected chi connectivity index (χ2v) is 4.57.